The highest BCUT2D eigenvalue weighted by molar-refractivity contribution is 4.87. The van der Waals surface area contributed by atoms with Crippen LogP contribution in [0.15, 0.2) is 0 Å². The van der Waals surface area contributed by atoms with E-state index in [0.29, 0.717) is 6.61 Å². The van der Waals surface area contributed by atoms with E-state index in [-0.39, 0.29) is 89.2 Å². The minimum Gasteiger partial charge on any atom is -0.394 e. The molecule has 70 heavy (non-hydrogen) atoms. The molecule has 5 aliphatic rings. The summed E-state index contributed by atoms with van der Waals surface area (Å²) in [5.41, 5.74) is 0. The van der Waals surface area contributed by atoms with Crippen molar-refractivity contribution in [1.82, 2.24) is 0 Å². The Morgan fingerprint density at radius 3 is 0.714 bits per heavy atom. The molecule has 5 saturated heterocycles. The van der Waals surface area contributed by atoms with Gasteiger partial charge in [0.2, 0.25) is 0 Å². The maximum atomic E-state index is 9.57. The second kappa shape index (κ2) is 48.9. The lowest BCUT2D eigenvalue weighted by atomic mass is 9.92. The maximum absolute atomic E-state index is 9.57. The van der Waals surface area contributed by atoms with Gasteiger partial charge in [0.05, 0.1) is 115 Å². The maximum Gasteiger partial charge on any atom is 0.111 e. The van der Waals surface area contributed by atoms with E-state index in [0.717, 1.165) is 0 Å². The highest BCUT2D eigenvalue weighted by Gasteiger charge is 2.39. The fraction of sp³-hybridized carbons (Fsp3) is 1.00. The van der Waals surface area contributed by atoms with Crippen molar-refractivity contribution in [3.05, 3.63) is 0 Å². The van der Waals surface area contributed by atoms with Crippen LogP contribution in [0.4, 0.5) is 0 Å². The zero-order chi connectivity index (χ0) is 55.7. The lowest BCUT2D eigenvalue weighted by Gasteiger charge is -2.35. The third-order valence-corrected chi connectivity index (χ3v) is 10.7. The molecule has 0 aromatic carbocycles. The summed E-state index contributed by atoms with van der Waals surface area (Å²) < 4.78 is 46.8. The van der Waals surface area contributed by atoms with E-state index in [2.05, 4.69) is 18.9 Å². The Morgan fingerprint density at radius 1 is 0.314 bits per heavy atom. The monoisotopic (exact) mass is 1040 g/mol. The molecule has 25 nitrogen and oxygen atoms in total. The van der Waals surface area contributed by atoms with Gasteiger partial charge in [0.25, 0.3) is 0 Å². The number of methoxy groups -OCH3 is 5. The van der Waals surface area contributed by atoms with Crippen LogP contribution in [0.3, 0.4) is 0 Å². The summed E-state index contributed by atoms with van der Waals surface area (Å²) in [5, 5.41) is 136. The van der Waals surface area contributed by atoms with Gasteiger partial charge in [-0.05, 0) is 0 Å². The average molecular weight is 1040 g/mol. The van der Waals surface area contributed by atoms with Gasteiger partial charge >= 0.3 is 0 Å². The van der Waals surface area contributed by atoms with E-state index in [1.807, 2.05) is 13.8 Å². The second-order valence-electron chi connectivity index (χ2n) is 16.4. The predicted molar refractivity (Wildman–Crippen MR) is 255 cm³/mol. The highest BCUT2D eigenvalue weighted by Crippen LogP contribution is 2.23. The molecule has 0 amide bonds. The van der Waals surface area contributed by atoms with Gasteiger partial charge in [0.15, 0.2) is 0 Å². The molecule has 5 fully saturated rings. The molecule has 5 rings (SSSR count). The number of hydrogen-bond donors (Lipinski definition) is 15. The van der Waals surface area contributed by atoms with E-state index in [9.17, 15) is 40.9 Å². The Balaban J connectivity index is -0.000000235. The van der Waals surface area contributed by atoms with Gasteiger partial charge in [-0.2, -0.15) is 0 Å². The van der Waals surface area contributed by atoms with E-state index in [4.69, 9.17) is 64.2 Å². The smallest absolute Gasteiger partial charge is 0.111 e. The third-order valence-electron chi connectivity index (χ3n) is 10.7. The van der Waals surface area contributed by atoms with Crippen molar-refractivity contribution in [3.63, 3.8) is 0 Å². The fourth-order valence-corrected chi connectivity index (χ4v) is 5.98. The third kappa shape index (κ3) is 32.3. The molecule has 5 heterocycles. The fourth-order valence-electron chi connectivity index (χ4n) is 5.98. The molecule has 20 atom stereocenters. The Bertz CT molecular complexity index is 941. The van der Waals surface area contributed by atoms with Crippen LogP contribution in [0.5, 0.6) is 0 Å². The van der Waals surface area contributed by atoms with Gasteiger partial charge in [-0.15, -0.1) is 0 Å². The quantitative estimate of drug-likeness (QED) is 0.119. The van der Waals surface area contributed by atoms with E-state index >= 15 is 0 Å². The molecule has 25 heteroatoms. The van der Waals surface area contributed by atoms with Gasteiger partial charge in [0, 0.05) is 87.7 Å². The first-order valence-corrected chi connectivity index (χ1v) is 23.1. The van der Waals surface area contributed by atoms with Crippen LogP contribution in [0.25, 0.3) is 0 Å². The molecule has 0 aromatic heterocycles. The number of hydrogen-bond acceptors (Lipinski definition) is 25. The van der Waals surface area contributed by atoms with Crippen LogP contribution in [-0.4, -0.2) is 304 Å². The first-order valence-electron chi connectivity index (χ1n) is 23.1. The molecule has 0 spiro atoms. The predicted octanol–water partition coefficient (Wildman–Crippen LogP) is -4.87. The lowest BCUT2D eigenvalue weighted by Crippen LogP contribution is -2.53. The first kappa shape index (κ1) is 77.9. The standard InChI is InChI=1S/C8H16O4.3C7H14O4.C6H12O5.4C2H6O.C2H6/c1-5-6(9)3-12-7(4-11-2)8(5)10;3*1-4-5(9)3-11-6(2-8)7(4)10;7-1-4-6(10)5(9)3(8)2-11-4;4*1-3-2;1-2/h5-10H,3-4H2,1-2H3;3*4-10H,2-3H2,1H3;3-10H,1-2H2;4*1-2H3;1-2H3/t5-,6?,7?,8-;3*4-,5?,6?,7-;3?,4?,5-,6+;;;;;/m00000...../s1. The summed E-state index contributed by atoms with van der Waals surface area (Å²) in [7, 11) is 14.6. The van der Waals surface area contributed by atoms with Crippen molar-refractivity contribution in [2.24, 2.45) is 23.7 Å². The van der Waals surface area contributed by atoms with Crippen molar-refractivity contribution in [1.29, 1.82) is 0 Å². The Labute approximate surface area is 416 Å². The molecular weight excluding hydrogens is 940 g/mol. The van der Waals surface area contributed by atoms with Crippen molar-refractivity contribution in [2.75, 3.05) is 130 Å². The van der Waals surface area contributed by atoms with Crippen LogP contribution in [0.2, 0.25) is 0 Å². The summed E-state index contributed by atoms with van der Waals surface area (Å²) in [6.07, 6.45) is -11.5. The minimum absolute atomic E-state index is 0.0521. The number of aliphatic hydroxyl groups excluding tert-OH is 15. The zero-order valence-corrected chi connectivity index (χ0v) is 44.4. The SMILES string of the molecule is CC.COC.COC.COC.COC.COCC1OCC(O)[C@H](C)[C@@H]1O.C[C@H]1C(O)COC(CO)[C@H]1O.C[C@H]1C(O)COC(CO)[C@H]1O.C[C@H]1C(O)COC(CO)[C@H]1O.OCC1OCC(O)[C@H](O)[C@@H]1O. The normalized spacial score (nSPS) is 37.3. The molecule has 430 valence electrons. The summed E-state index contributed by atoms with van der Waals surface area (Å²) in [6, 6.07) is 0. The highest BCUT2D eigenvalue weighted by atomic mass is 16.6. The van der Waals surface area contributed by atoms with Crippen molar-refractivity contribution in [3.8, 4) is 0 Å². The van der Waals surface area contributed by atoms with E-state index < -0.39 is 91.6 Å². The number of ether oxygens (including phenoxy) is 10. The Morgan fingerprint density at radius 2 is 0.500 bits per heavy atom. The average Bonchev–Trinajstić information content (AvgIpc) is 3.34. The molecule has 0 bridgehead atoms. The molecule has 5 aliphatic heterocycles. The number of rotatable bonds is 6. The van der Waals surface area contributed by atoms with Crippen LogP contribution in [0.1, 0.15) is 41.5 Å². The van der Waals surface area contributed by atoms with Crippen LogP contribution < -0.4 is 0 Å². The molecule has 15 N–H and O–H groups in total. The molecule has 0 aromatic rings. The topological polar surface area (TPSA) is 396 Å². The van der Waals surface area contributed by atoms with Crippen molar-refractivity contribution in [2.45, 2.75) is 139 Å². The van der Waals surface area contributed by atoms with Crippen LogP contribution >= 0.6 is 0 Å². The van der Waals surface area contributed by atoms with Crippen LogP contribution in [-0.2, 0) is 47.4 Å². The lowest BCUT2D eigenvalue weighted by molar-refractivity contribution is -0.195. The summed E-state index contributed by atoms with van der Waals surface area (Å²) in [5.74, 6) is -0.804. The van der Waals surface area contributed by atoms with Gasteiger partial charge in [-0.25, -0.2) is 0 Å². The van der Waals surface area contributed by atoms with Gasteiger partial charge < -0.3 is 124 Å². The molecule has 10 unspecified atom stereocenters. The van der Waals surface area contributed by atoms with Gasteiger partial charge in [0.1, 0.15) is 48.8 Å². The van der Waals surface area contributed by atoms with Crippen LogP contribution in [0, 0.1) is 23.7 Å². The summed E-state index contributed by atoms with van der Waals surface area (Å²) in [4.78, 5) is 0. The zero-order valence-electron chi connectivity index (χ0n) is 44.4. The molecular formula is C45H100O25. The van der Waals surface area contributed by atoms with Gasteiger partial charge in [-0.1, -0.05) is 41.5 Å². The summed E-state index contributed by atoms with van der Waals surface area (Å²) >= 11 is 0. The molecule has 0 aliphatic carbocycles. The van der Waals surface area contributed by atoms with E-state index in [1.54, 1.807) is 91.7 Å². The summed E-state index contributed by atoms with van der Waals surface area (Å²) in [6.45, 7) is 11.3. The Kier molecular flexibility index (Phi) is 54.4. The van der Waals surface area contributed by atoms with E-state index in [1.165, 1.54) is 0 Å². The second-order valence-corrected chi connectivity index (χ2v) is 16.4. The first-order chi connectivity index (χ1) is 33.0. The van der Waals surface area contributed by atoms with Crippen molar-refractivity contribution < 1.29 is 124 Å². The largest absolute Gasteiger partial charge is 0.394 e. The minimum atomic E-state index is -1.22. The number of aliphatic hydroxyl groups is 15. The van der Waals surface area contributed by atoms with Gasteiger partial charge in [-0.3, -0.25) is 0 Å². The van der Waals surface area contributed by atoms with Crippen molar-refractivity contribution >= 4 is 0 Å². The Hall–Kier alpha value is -1.00. The molecule has 0 saturated carbocycles. The molecule has 0 radical (unpaired) electrons.